The summed E-state index contributed by atoms with van der Waals surface area (Å²) in [6, 6.07) is 0.0539. The number of nitrogens with one attached hydrogen (secondary N) is 1. The predicted molar refractivity (Wildman–Crippen MR) is 82.2 cm³/mol. The fourth-order valence-corrected chi connectivity index (χ4v) is 3.06. The second-order valence-electron chi connectivity index (χ2n) is 5.70. The van der Waals surface area contributed by atoms with E-state index in [1.54, 1.807) is 6.20 Å². The molecule has 22 heavy (non-hydrogen) atoms. The molecule has 0 aliphatic carbocycles. The van der Waals surface area contributed by atoms with Crippen molar-refractivity contribution in [3.05, 3.63) is 21.6 Å². The molecule has 0 saturated carbocycles. The monoisotopic (exact) mass is 326 g/mol. The standard InChI is InChI=1S/C14H19ClN4O3/c1-9-6-16-11(20)8-18(9)10-7-17-19(14(21)13(10)15)12-4-2-3-5-22-12/h7,9,12H,2-6,8H2,1H3,(H,16,20)/t9-,12?/m1/s1. The number of hydrogen-bond acceptors (Lipinski definition) is 5. The molecule has 1 unspecified atom stereocenters. The molecule has 8 heteroatoms. The lowest BCUT2D eigenvalue weighted by Crippen LogP contribution is -2.53. The first-order chi connectivity index (χ1) is 10.6. The summed E-state index contributed by atoms with van der Waals surface area (Å²) in [5.41, 5.74) is 0.130. The summed E-state index contributed by atoms with van der Waals surface area (Å²) in [5, 5.41) is 7.09. The Bertz CT molecular complexity index is 627. The molecule has 2 fully saturated rings. The van der Waals surface area contributed by atoms with E-state index in [4.69, 9.17) is 16.3 Å². The fourth-order valence-electron chi connectivity index (χ4n) is 2.82. The SMILES string of the molecule is C[C@@H]1CNC(=O)CN1c1cnn(C2CCCCO2)c(=O)c1Cl. The third-order valence-electron chi connectivity index (χ3n) is 4.10. The number of nitrogens with zero attached hydrogens (tertiary/aromatic N) is 3. The van der Waals surface area contributed by atoms with E-state index in [9.17, 15) is 9.59 Å². The van der Waals surface area contributed by atoms with Crippen molar-refractivity contribution in [2.75, 3.05) is 24.6 Å². The second kappa shape index (κ2) is 6.26. The van der Waals surface area contributed by atoms with E-state index in [0.717, 1.165) is 19.3 Å². The highest BCUT2D eigenvalue weighted by atomic mass is 35.5. The van der Waals surface area contributed by atoms with E-state index in [1.807, 2.05) is 11.8 Å². The molecule has 2 saturated heterocycles. The summed E-state index contributed by atoms with van der Waals surface area (Å²) in [4.78, 5) is 25.9. The highest BCUT2D eigenvalue weighted by Crippen LogP contribution is 2.26. The highest BCUT2D eigenvalue weighted by molar-refractivity contribution is 6.33. The van der Waals surface area contributed by atoms with Crippen molar-refractivity contribution in [2.45, 2.75) is 38.5 Å². The minimum atomic E-state index is -0.371. The molecule has 1 aromatic rings. The number of ether oxygens (including phenoxy) is 1. The number of carbonyl (C=O) groups excluding carboxylic acids is 1. The Morgan fingerprint density at radius 2 is 2.23 bits per heavy atom. The number of piperazine rings is 1. The van der Waals surface area contributed by atoms with E-state index < -0.39 is 0 Å². The highest BCUT2D eigenvalue weighted by Gasteiger charge is 2.28. The minimum absolute atomic E-state index is 0.0539. The molecule has 0 spiro atoms. The van der Waals surface area contributed by atoms with Gasteiger partial charge in [0.15, 0.2) is 6.23 Å². The van der Waals surface area contributed by atoms with Crippen LogP contribution in [0, 0.1) is 0 Å². The lowest BCUT2D eigenvalue weighted by Gasteiger charge is -2.35. The summed E-state index contributed by atoms with van der Waals surface area (Å²) >= 11 is 6.26. The largest absolute Gasteiger partial charge is 0.356 e. The molecule has 1 amide bonds. The smallest absolute Gasteiger partial charge is 0.290 e. The number of rotatable bonds is 2. The van der Waals surface area contributed by atoms with Gasteiger partial charge in [-0.25, -0.2) is 0 Å². The third-order valence-corrected chi connectivity index (χ3v) is 4.46. The first kappa shape index (κ1) is 15.3. The van der Waals surface area contributed by atoms with Crippen LogP contribution in [-0.2, 0) is 9.53 Å². The van der Waals surface area contributed by atoms with Crippen molar-refractivity contribution < 1.29 is 9.53 Å². The topological polar surface area (TPSA) is 76.5 Å². The van der Waals surface area contributed by atoms with Crippen LogP contribution in [0.2, 0.25) is 5.02 Å². The second-order valence-corrected chi connectivity index (χ2v) is 6.07. The van der Waals surface area contributed by atoms with E-state index in [2.05, 4.69) is 10.4 Å². The van der Waals surface area contributed by atoms with Gasteiger partial charge in [-0.2, -0.15) is 9.78 Å². The molecule has 1 aromatic heterocycles. The lowest BCUT2D eigenvalue weighted by molar-refractivity contribution is -0.120. The van der Waals surface area contributed by atoms with Crippen LogP contribution in [0.25, 0.3) is 0 Å². The summed E-state index contributed by atoms with van der Waals surface area (Å²) in [5.74, 6) is -0.0889. The van der Waals surface area contributed by atoms with Crippen LogP contribution in [0.3, 0.4) is 0 Å². The lowest BCUT2D eigenvalue weighted by atomic mass is 10.2. The molecule has 0 radical (unpaired) electrons. The number of hydrogen-bond donors (Lipinski definition) is 1. The zero-order chi connectivity index (χ0) is 15.7. The van der Waals surface area contributed by atoms with Gasteiger partial charge in [-0.3, -0.25) is 9.59 Å². The van der Waals surface area contributed by atoms with Crippen molar-refractivity contribution in [3.8, 4) is 0 Å². The van der Waals surface area contributed by atoms with Crippen molar-refractivity contribution in [1.82, 2.24) is 15.1 Å². The fraction of sp³-hybridized carbons (Fsp3) is 0.643. The van der Waals surface area contributed by atoms with Gasteiger partial charge in [-0.1, -0.05) is 11.6 Å². The van der Waals surface area contributed by atoms with Gasteiger partial charge in [0.05, 0.1) is 18.4 Å². The maximum Gasteiger partial charge on any atom is 0.290 e. The first-order valence-electron chi connectivity index (χ1n) is 7.50. The molecular formula is C14H19ClN4O3. The van der Waals surface area contributed by atoms with E-state index in [-0.39, 0.29) is 35.3 Å². The molecule has 0 aromatic carbocycles. The van der Waals surface area contributed by atoms with Crippen LogP contribution in [0.5, 0.6) is 0 Å². The molecule has 2 atom stereocenters. The van der Waals surface area contributed by atoms with E-state index in [1.165, 1.54) is 4.68 Å². The van der Waals surface area contributed by atoms with Crippen LogP contribution < -0.4 is 15.8 Å². The van der Waals surface area contributed by atoms with Gasteiger partial charge < -0.3 is 15.0 Å². The minimum Gasteiger partial charge on any atom is -0.356 e. The summed E-state index contributed by atoms with van der Waals surface area (Å²) in [7, 11) is 0. The molecular weight excluding hydrogens is 308 g/mol. The van der Waals surface area contributed by atoms with E-state index in [0.29, 0.717) is 18.8 Å². The predicted octanol–water partition coefficient (Wildman–Crippen LogP) is 0.920. The Morgan fingerprint density at radius 3 is 2.95 bits per heavy atom. The van der Waals surface area contributed by atoms with Crippen LogP contribution in [0.4, 0.5) is 5.69 Å². The van der Waals surface area contributed by atoms with Crippen LogP contribution in [0.15, 0.2) is 11.0 Å². The van der Waals surface area contributed by atoms with Crippen LogP contribution >= 0.6 is 11.6 Å². The summed E-state index contributed by atoms with van der Waals surface area (Å²) < 4.78 is 6.89. The summed E-state index contributed by atoms with van der Waals surface area (Å²) in [6.07, 6.45) is 3.95. The van der Waals surface area contributed by atoms with Crippen molar-refractivity contribution in [1.29, 1.82) is 0 Å². The summed E-state index contributed by atoms with van der Waals surface area (Å²) in [6.45, 7) is 3.28. The number of halogens is 1. The Kier molecular flexibility index (Phi) is 4.35. The molecule has 2 aliphatic rings. The van der Waals surface area contributed by atoms with Gasteiger partial charge in [-0.05, 0) is 26.2 Å². The van der Waals surface area contributed by atoms with Crippen LogP contribution in [0.1, 0.15) is 32.4 Å². The van der Waals surface area contributed by atoms with Gasteiger partial charge >= 0.3 is 0 Å². The quantitative estimate of drug-likeness (QED) is 0.874. The van der Waals surface area contributed by atoms with Gasteiger partial charge in [0, 0.05) is 19.2 Å². The van der Waals surface area contributed by atoms with Crippen LogP contribution in [-0.4, -0.2) is 41.4 Å². The molecule has 3 rings (SSSR count). The van der Waals surface area contributed by atoms with E-state index >= 15 is 0 Å². The third kappa shape index (κ3) is 2.83. The molecule has 1 N–H and O–H groups in total. The van der Waals surface area contributed by atoms with Gasteiger partial charge in [0.2, 0.25) is 5.91 Å². The zero-order valence-corrected chi connectivity index (χ0v) is 13.2. The maximum atomic E-state index is 12.5. The van der Waals surface area contributed by atoms with Gasteiger partial charge in [0.25, 0.3) is 5.56 Å². The Morgan fingerprint density at radius 1 is 1.41 bits per heavy atom. The molecule has 120 valence electrons. The number of carbonyl (C=O) groups is 1. The normalized spacial score (nSPS) is 25.9. The number of anilines is 1. The molecule has 3 heterocycles. The van der Waals surface area contributed by atoms with Crippen molar-refractivity contribution in [2.24, 2.45) is 0 Å². The Labute approximate surface area is 133 Å². The molecule has 2 aliphatic heterocycles. The zero-order valence-electron chi connectivity index (χ0n) is 12.4. The van der Waals surface area contributed by atoms with Gasteiger partial charge in [-0.15, -0.1) is 0 Å². The van der Waals surface area contributed by atoms with Crippen molar-refractivity contribution in [3.63, 3.8) is 0 Å². The average molecular weight is 327 g/mol. The van der Waals surface area contributed by atoms with Gasteiger partial charge in [0.1, 0.15) is 5.02 Å². The Hall–Kier alpha value is -1.60. The molecule has 7 nitrogen and oxygen atoms in total. The molecule has 0 bridgehead atoms. The van der Waals surface area contributed by atoms with Crippen molar-refractivity contribution >= 4 is 23.2 Å². The first-order valence-corrected chi connectivity index (χ1v) is 7.88. The Balaban J connectivity index is 1.92. The number of aromatic nitrogens is 2. The maximum absolute atomic E-state index is 12.5. The average Bonchev–Trinajstić information content (AvgIpc) is 2.53. The number of amides is 1.